The van der Waals surface area contributed by atoms with Gasteiger partial charge in [0.2, 0.25) is 0 Å². The zero-order chi connectivity index (χ0) is 20.5. The monoisotopic (exact) mass is 443 g/mol. The van der Waals surface area contributed by atoms with E-state index in [-0.39, 0.29) is 17.9 Å². The van der Waals surface area contributed by atoms with Gasteiger partial charge in [-0.05, 0) is 63.7 Å². The van der Waals surface area contributed by atoms with E-state index in [4.69, 9.17) is 9.15 Å². The van der Waals surface area contributed by atoms with Crippen molar-refractivity contribution in [3.63, 3.8) is 0 Å². The predicted molar refractivity (Wildman–Crippen MR) is 114 cm³/mol. The molecule has 1 amide bonds. The Morgan fingerprint density at radius 1 is 1.14 bits per heavy atom. The summed E-state index contributed by atoms with van der Waals surface area (Å²) in [5.41, 5.74) is 2.73. The molecule has 3 rings (SSSR count). The van der Waals surface area contributed by atoms with Crippen LogP contribution in [0.25, 0.3) is 11.0 Å². The van der Waals surface area contributed by atoms with E-state index in [0.29, 0.717) is 17.0 Å². The van der Waals surface area contributed by atoms with Crippen LogP contribution in [0.5, 0.6) is 5.75 Å². The molecule has 5 nitrogen and oxygen atoms in total. The fraction of sp³-hybridized carbons (Fsp3) is 0.273. The summed E-state index contributed by atoms with van der Waals surface area (Å²) in [4.78, 5) is 23.8. The van der Waals surface area contributed by atoms with Crippen LogP contribution in [-0.4, -0.2) is 12.5 Å². The summed E-state index contributed by atoms with van der Waals surface area (Å²) in [6.45, 7) is 8.08. The number of ether oxygens (including phenoxy) is 1. The van der Waals surface area contributed by atoms with Gasteiger partial charge in [0.05, 0.1) is 5.69 Å². The zero-order valence-electron chi connectivity index (χ0n) is 16.3. The Morgan fingerprint density at radius 2 is 1.89 bits per heavy atom. The number of hydrogen-bond donors (Lipinski definition) is 1. The molecule has 0 aliphatic carbocycles. The van der Waals surface area contributed by atoms with Crippen LogP contribution >= 0.6 is 15.9 Å². The van der Waals surface area contributed by atoms with Crippen LogP contribution in [0.4, 0.5) is 5.69 Å². The molecule has 0 atom stereocenters. The number of anilines is 1. The van der Waals surface area contributed by atoms with Crippen molar-refractivity contribution >= 4 is 38.5 Å². The van der Waals surface area contributed by atoms with E-state index in [0.717, 1.165) is 15.4 Å². The van der Waals surface area contributed by atoms with E-state index in [1.165, 1.54) is 11.6 Å². The topological polar surface area (TPSA) is 68.5 Å². The van der Waals surface area contributed by atoms with Crippen LogP contribution in [0.3, 0.4) is 0 Å². The quantitative estimate of drug-likeness (QED) is 0.564. The van der Waals surface area contributed by atoms with Crippen molar-refractivity contribution in [2.24, 2.45) is 0 Å². The normalized spacial score (nSPS) is 11.5. The van der Waals surface area contributed by atoms with Crippen molar-refractivity contribution in [2.45, 2.75) is 33.1 Å². The van der Waals surface area contributed by atoms with Crippen molar-refractivity contribution in [1.29, 1.82) is 0 Å². The molecule has 2 aromatic carbocycles. The van der Waals surface area contributed by atoms with Crippen molar-refractivity contribution in [1.82, 2.24) is 0 Å². The highest BCUT2D eigenvalue weighted by molar-refractivity contribution is 9.10. The number of fused-ring (bicyclic) bond motifs is 1. The molecule has 0 unspecified atom stereocenters. The third-order valence-corrected chi connectivity index (χ3v) is 5.06. The highest BCUT2D eigenvalue weighted by atomic mass is 79.9. The van der Waals surface area contributed by atoms with Crippen molar-refractivity contribution in [3.05, 3.63) is 68.5 Å². The summed E-state index contributed by atoms with van der Waals surface area (Å²) in [6, 6.07) is 12.5. The largest absolute Gasteiger partial charge is 0.484 e. The highest BCUT2D eigenvalue weighted by Crippen LogP contribution is 2.30. The summed E-state index contributed by atoms with van der Waals surface area (Å²) in [5, 5.41) is 3.66. The van der Waals surface area contributed by atoms with E-state index < -0.39 is 5.63 Å². The summed E-state index contributed by atoms with van der Waals surface area (Å²) in [5.74, 6) is 0.175. The van der Waals surface area contributed by atoms with Gasteiger partial charge in [-0.15, -0.1) is 0 Å². The first-order valence-electron chi connectivity index (χ1n) is 8.91. The first-order chi connectivity index (χ1) is 13.1. The van der Waals surface area contributed by atoms with E-state index >= 15 is 0 Å². The summed E-state index contributed by atoms with van der Waals surface area (Å²) in [7, 11) is 0. The second-order valence-electron chi connectivity index (χ2n) is 7.69. The van der Waals surface area contributed by atoms with Gasteiger partial charge in [0.25, 0.3) is 5.91 Å². The fourth-order valence-corrected chi connectivity index (χ4v) is 3.29. The second kappa shape index (κ2) is 7.80. The van der Waals surface area contributed by atoms with Crippen LogP contribution in [-0.2, 0) is 10.2 Å². The zero-order valence-corrected chi connectivity index (χ0v) is 17.8. The number of amides is 1. The molecular formula is C22H22BrNO4. The number of hydrogen-bond acceptors (Lipinski definition) is 4. The average molecular weight is 444 g/mol. The molecule has 0 spiro atoms. The van der Waals surface area contributed by atoms with Crippen molar-refractivity contribution in [2.75, 3.05) is 11.9 Å². The van der Waals surface area contributed by atoms with E-state index in [1.807, 2.05) is 31.2 Å². The lowest BCUT2D eigenvalue weighted by Gasteiger charge is -2.20. The molecule has 146 valence electrons. The molecule has 6 heteroatoms. The summed E-state index contributed by atoms with van der Waals surface area (Å²) in [6.07, 6.45) is 0. The van der Waals surface area contributed by atoms with E-state index in [1.54, 1.807) is 12.1 Å². The van der Waals surface area contributed by atoms with Crippen LogP contribution in [0, 0.1) is 6.92 Å². The van der Waals surface area contributed by atoms with Gasteiger partial charge in [-0.25, -0.2) is 4.79 Å². The Balaban J connectivity index is 1.68. The Bertz CT molecular complexity index is 1100. The number of halogens is 1. The Kier molecular flexibility index (Phi) is 5.61. The Labute approximate surface area is 171 Å². The van der Waals surface area contributed by atoms with Gasteiger partial charge in [-0.3, -0.25) is 4.79 Å². The van der Waals surface area contributed by atoms with Gasteiger partial charge in [0.15, 0.2) is 6.61 Å². The molecule has 0 aliphatic rings. The third kappa shape index (κ3) is 4.62. The van der Waals surface area contributed by atoms with E-state index in [9.17, 15) is 9.59 Å². The molecule has 0 fully saturated rings. The average Bonchev–Trinajstić information content (AvgIpc) is 2.60. The molecule has 3 aromatic rings. The van der Waals surface area contributed by atoms with Crippen molar-refractivity contribution < 1.29 is 13.9 Å². The van der Waals surface area contributed by atoms with Crippen LogP contribution < -0.4 is 15.7 Å². The molecule has 0 aliphatic heterocycles. The molecule has 1 N–H and O–H groups in total. The highest BCUT2D eigenvalue weighted by Gasteiger charge is 2.16. The van der Waals surface area contributed by atoms with Crippen LogP contribution in [0.2, 0.25) is 0 Å². The number of rotatable bonds is 4. The number of carbonyl (C=O) groups excluding carboxylic acids is 1. The minimum absolute atomic E-state index is 0.0254. The van der Waals surface area contributed by atoms with Crippen LogP contribution in [0.1, 0.15) is 31.9 Å². The van der Waals surface area contributed by atoms with Gasteiger partial charge < -0.3 is 14.5 Å². The lowest BCUT2D eigenvalue weighted by molar-refractivity contribution is -0.118. The number of carbonyl (C=O) groups is 1. The molecule has 1 aromatic heterocycles. The predicted octanol–water partition coefficient (Wildman–Crippen LogP) is 5.18. The summed E-state index contributed by atoms with van der Waals surface area (Å²) < 4.78 is 11.6. The third-order valence-electron chi connectivity index (χ3n) is 4.40. The van der Waals surface area contributed by atoms with Crippen molar-refractivity contribution in [3.8, 4) is 5.75 Å². The number of benzene rings is 2. The molecule has 1 heterocycles. The second-order valence-corrected chi connectivity index (χ2v) is 8.54. The smallest absolute Gasteiger partial charge is 0.336 e. The Hall–Kier alpha value is -2.60. The minimum Gasteiger partial charge on any atom is -0.484 e. The van der Waals surface area contributed by atoms with Gasteiger partial charge in [0.1, 0.15) is 11.3 Å². The first kappa shape index (κ1) is 20.1. The maximum Gasteiger partial charge on any atom is 0.336 e. The fourth-order valence-electron chi connectivity index (χ4n) is 2.81. The lowest BCUT2D eigenvalue weighted by Crippen LogP contribution is -2.20. The minimum atomic E-state index is -0.413. The summed E-state index contributed by atoms with van der Waals surface area (Å²) >= 11 is 3.51. The van der Waals surface area contributed by atoms with Gasteiger partial charge in [0, 0.05) is 22.0 Å². The van der Waals surface area contributed by atoms with E-state index in [2.05, 4.69) is 42.0 Å². The SMILES string of the molecule is Cc1cc(=O)oc2cc(OCC(=O)Nc3ccc(C(C)(C)C)cc3Br)ccc12. The maximum atomic E-state index is 12.3. The number of aryl methyl sites for hydroxylation is 1. The lowest BCUT2D eigenvalue weighted by atomic mass is 9.87. The number of nitrogens with one attached hydrogen (secondary N) is 1. The molecule has 28 heavy (non-hydrogen) atoms. The molecule has 0 saturated heterocycles. The van der Waals surface area contributed by atoms with Crippen LogP contribution in [0.15, 0.2) is 56.1 Å². The molecule has 0 saturated carbocycles. The first-order valence-corrected chi connectivity index (χ1v) is 9.70. The Morgan fingerprint density at radius 3 is 2.57 bits per heavy atom. The maximum absolute atomic E-state index is 12.3. The molecular weight excluding hydrogens is 422 g/mol. The molecule has 0 bridgehead atoms. The van der Waals surface area contributed by atoms with Gasteiger partial charge in [-0.1, -0.05) is 26.8 Å². The van der Waals surface area contributed by atoms with Gasteiger partial charge in [-0.2, -0.15) is 0 Å². The standard InChI is InChI=1S/C22H22BrNO4/c1-13-9-21(26)28-19-11-15(6-7-16(13)19)27-12-20(25)24-18-8-5-14(10-17(18)23)22(2,3)4/h5-11H,12H2,1-4H3,(H,24,25). The molecule has 0 radical (unpaired) electrons. The van der Waals surface area contributed by atoms with Gasteiger partial charge >= 0.3 is 5.63 Å².